The van der Waals surface area contributed by atoms with Gasteiger partial charge in [0.05, 0.1) is 0 Å². The fraction of sp³-hybridized carbons (Fsp3) is 0.818. The van der Waals surface area contributed by atoms with E-state index in [1.807, 2.05) is 0 Å². The van der Waals surface area contributed by atoms with Crippen LogP contribution in [0.5, 0.6) is 0 Å². The van der Waals surface area contributed by atoms with Gasteiger partial charge in [-0.3, -0.25) is 0 Å². The summed E-state index contributed by atoms with van der Waals surface area (Å²) in [5.41, 5.74) is 12.7. The minimum Gasteiger partial charge on any atom is -0.330 e. The highest BCUT2D eigenvalue weighted by Crippen LogP contribution is 2.27. The third-order valence-corrected chi connectivity index (χ3v) is 2.38. The van der Waals surface area contributed by atoms with Crippen molar-refractivity contribution in [1.82, 2.24) is 0 Å². The quantitative estimate of drug-likeness (QED) is 0.507. The molecule has 0 amide bonds. The van der Waals surface area contributed by atoms with Crippen LogP contribution in [0, 0.1) is 5.41 Å². The molecule has 0 saturated heterocycles. The zero-order valence-electron chi connectivity index (χ0n) is 9.27. The van der Waals surface area contributed by atoms with Crippen LogP contribution in [0.15, 0.2) is 12.2 Å². The summed E-state index contributed by atoms with van der Waals surface area (Å²) in [6.45, 7) is 11.3. The Morgan fingerprint density at radius 1 is 1.31 bits per heavy atom. The van der Waals surface area contributed by atoms with E-state index < -0.39 is 0 Å². The second-order valence-corrected chi connectivity index (χ2v) is 4.67. The maximum atomic E-state index is 6.00. The Bertz CT molecular complexity index is 156. The van der Waals surface area contributed by atoms with Gasteiger partial charge in [-0.2, -0.15) is 0 Å². The minimum absolute atomic E-state index is 0.127. The topological polar surface area (TPSA) is 52.0 Å². The molecule has 0 radical (unpaired) electrons. The Morgan fingerprint density at radius 2 is 1.85 bits per heavy atom. The molecule has 0 aliphatic heterocycles. The zero-order chi connectivity index (χ0) is 10.5. The van der Waals surface area contributed by atoms with Crippen molar-refractivity contribution in [3.05, 3.63) is 12.2 Å². The Morgan fingerprint density at radius 3 is 2.23 bits per heavy atom. The van der Waals surface area contributed by atoms with Gasteiger partial charge in [0.15, 0.2) is 0 Å². The molecule has 13 heavy (non-hydrogen) atoms. The molecule has 2 nitrogen and oxygen atoms in total. The summed E-state index contributed by atoms with van der Waals surface area (Å²) in [5.74, 6) is 0. The Kier molecular flexibility index (Phi) is 5.26. The predicted molar refractivity (Wildman–Crippen MR) is 59.5 cm³/mol. The van der Waals surface area contributed by atoms with Crippen LogP contribution in [0.3, 0.4) is 0 Å². The fourth-order valence-corrected chi connectivity index (χ4v) is 1.24. The summed E-state index contributed by atoms with van der Waals surface area (Å²) in [4.78, 5) is 0. The average molecular weight is 184 g/mol. The maximum Gasteiger partial charge on any atom is 0.0256 e. The number of hydrogen-bond acceptors (Lipinski definition) is 2. The first-order valence-electron chi connectivity index (χ1n) is 5.04. The molecule has 4 N–H and O–H groups in total. The molecule has 0 spiro atoms. The fourth-order valence-electron chi connectivity index (χ4n) is 1.24. The van der Waals surface area contributed by atoms with Crippen molar-refractivity contribution in [2.75, 3.05) is 6.54 Å². The van der Waals surface area contributed by atoms with Crippen molar-refractivity contribution in [3.8, 4) is 0 Å². The number of hydrogen-bond donors (Lipinski definition) is 2. The highest BCUT2D eigenvalue weighted by molar-refractivity contribution is 5.12. The number of rotatable bonds is 5. The molecule has 0 fully saturated rings. The third-order valence-electron chi connectivity index (χ3n) is 2.38. The molecule has 0 saturated carbocycles. The van der Waals surface area contributed by atoms with E-state index in [-0.39, 0.29) is 11.5 Å². The molecular formula is C11H24N2. The lowest BCUT2D eigenvalue weighted by atomic mass is 9.82. The van der Waals surface area contributed by atoms with E-state index in [0.717, 1.165) is 31.4 Å². The van der Waals surface area contributed by atoms with Crippen molar-refractivity contribution >= 4 is 0 Å². The van der Waals surface area contributed by atoms with Crippen LogP contribution < -0.4 is 11.5 Å². The predicted octanol–water partition coefficient (Wildman–Crippen LogP) is 2.04. The summed E-state index contributed by atoms with van der Waals surface area (Å²) in [6.07, 6.45) is 3.17. The van der Waals surface area contributed by atoms with Gasteiger partial charge in [-0.05, 0) is 24.8 Å². The normalized spacial score (nSPS) is 14.2. The van der Waals surface area contributed by atoms with E-state index in [1.54, 1.807) is 0 Å². The first-order valence-corrected chi connectivity index (χ1v) is 5.04. The van der Waals surface area contributed by atoms with Gasteiger partial charge in [-0.15, -0.1) is 0 Å². The first kappa shape index (κ1) is 12.7. The molecule has 0 rings (SSSR count). The second kappa shape index (κ2) is 5.40. The van der Waals surface area contributed by atoms with Crippen LogP contribution in [0.4, 0.5) is 0 Å². The smallest absolute Gasteiger partial charge is 0.0256 e. The molecule has 0 aromatic rings. The third kappa shape index (κ3) is 5.06. The molecule has 0 bridgehead atoms. The van der Waals surface area contributed by atoms with Crippen LogP contribution in [0.1, 0.15) is 40.0 Å². The number of unbranched alkanes of at least 4 members (excludes halogenated alkanes) is 1. The molecule has 0 aromatic carbocycles. The Balaban J connectivity index is 3.84. The monoisotopic (exact) mass is 184 g/mol. The SMILES string of the molecule is C=C(C(N)CCCCN)C(C)(C)C. The molecule has 0 aliphatic carbocycles. The van der Waals surface area contributed by atoms with Gasteiger partial charge in [0.2, 0.25) is 0 Å². The number of nitrogens with two attached hydrogens (primary N) is 2. The summed E-state index contributed by atoms with van der Waals surface area (Å²) < 4.78 is 0. The van der Waals surface area contributed by atoms with Gasteiger partial charge in [0.25, 0.3) is 0 Å². The summed E-state index contributed by atoms with van der Waals surface area (Å²) >= 11 is 0. The van der Waals surface area contributed by atoms with Gasteiger partial charge in [0, 0.05) is 6.04 Å². The summed E-state index contributed by atoms with van der Waals surface area (Å²) in [5, 5.41) is 0. The molecule has 1 atom stereocenters. The second-order valence-electron chi connectivity index (χ2n) is 4.67. The molecular weight excluding hydrogens is 160 g/mol. The van der Waals surface area contributed by atoms with Gasteiger partial charge < -0.3 is 11.5 Å². The molecule has 0 aromatic heterocycles. The molecule has 0 heterocycles. The summed E-state index contributed by atoms with van der Waals surface area (Å²) in [7, 11) is 0. The highest BCUT2D eigenvalue weighted by Gasteiger charge is 2.19. The largest absolute Gasteiger partial charge is 0.330 e. The van der Waals surface area contributed by atoms with Crippen molar-refractivity contribution < 1.29 is 0 Å². The van der Waals surface area contributed by atoms with E-state index in [2.05, 4.69) is 27.4 Å². The van der Waals surface area contributed by atoms with Gasteiger partial charge >= 0.3 is 0 Å². The lowest BCUT2D eigenvalue weighted by Crippen LogP contribution is -2.29. The van der Waals surface area contributed by atoms with E-state index in [9.17, 15) is 0 Å². The molecule has 78 valence electrons. The first-order chi connectivity index (χ1) is 5.89. The Labute approximate surface area is 82.4 Å². The average Bonchev–Trinajstić information content (AvgIpc) is 2.01. The standard InChI is InChI=1S/C11H24N2/c1-9(11(2,3)4)10(13)7-5-6-8-12/h10H,1,5-8,12-13H2,2-4H3. The van der Waals surface area contributed by atoms with Gasteiger partial charge in [-0.25, -0.2) is 0 Å². The lowest BCUT2D eigenvalue weighted by Gasteiger charge is -2.27. The van der Waals surface area contributed by atoms with Crippen LogP contribution in [-0.2, 0) is 0 Å². The van der Waals surface area contributed by atoms with Crippen molar-refractivity contribution in [3.63, 3.8) is 0 Å². The van der Waals surface area contributed by atoms with Crippen molar-refractivity contribution in [2.45, 2.75) is 46.1 Å². The van der Waals surface area contributed by atoms with E-state index in [4.69, 9.17) is 11.5 Å². The maximum absolute atomic E-state index is 6.00. The van der Waals surface area contributed by atoms with Crippen LogP contribution >= 0.6 is 0 Å². The van der Waals surface area contributed by atoms with Crippen LogP contribution in [0.2, 0.25) is 0 Å². The van der Waals surface area contributed by atoms with Crippen molar-refractivity contribution in [1.29, 1.82) is 0 Å². The lowest BCUT2D eigenvalue weighted by molar-refractivity contribution is 0.447. The van der Waals surface area contributed by atoms with E-state index in [0.29, 0.717) is 0 Å². The highest BCUT2D eigenvalue weighted by atomic mass is 14.6. The van der Waals surface area contributed by atoms with Gasteiger partial charge in [0.1, 0.15) is 0 Å². The molecule has 1 unspecified atom stereocenters. The van der Waals surface area contributed by atoms with Crippen LogP contribution in [-0.4, -0.2) is 12.6 Å². The Hall–Kier alpha value is -0.340. The zero-order valence-corrected chi connectivity index (χ0v) is 9.27. The molecule has 0 aliphatic rings. The molecule has 2 heteroatoms. The van der Waals surface area contributed by atoms with Gasteiger partial charge in [-0.1, -0.05) is 39.3 Å². The van der Waals surface area contributed by atoms with E-state index >= 15 is 0 Å². The summed E-state index contributed by atoms with van der Waals surface area (Å²) in [6, 6.07) is 0.131. The van der Waals surface area contributed by atoms with Crippen molar-refractivity contribution in [2.24, 2.45) is 16.9 Å². The minimum atomic E-state index is 0.127. The van der Waals surface area contributed by atoms with Crippen LogP contribution in [0.25, 0.3) is 0 Å². The van der Waals surface area contributed by atoms with E-state index in [1.165, 1.54) is 0 Å².